The Morgan fingerprint density at radius 2 is 2.08 bits per heavy atom. The van der Waals surface area contributed by atoms with Crippen LogP contribution in [0, 0.1) is 0 Å². The van der Waals surface area contributed by atoms with Gasteiger partial charge in [-0.2, -0.15) is 0 Å². The highest BCUT2D eigenvalue weighted by atomic mass is 16.3. The minimum atomic E-state index is -0.449. The molecule has 1 unspecified atom stereocenters. The molecule has 3 amide bonds. The van der Waals surface area contributed by atoms with Crippen LogP contribution in [0.3, 0.4) is 0 Å². The lowest BCUT2D eigenvalue weighted by molar-refractivity contribution is -0.123. The van der Waals surface area contributed by atoms with Crippen molar-refractivity contribution in [2.75, 3.05) is 18.5 Å². The first-order valence-corrected chi connectivity index (χ1v) is 8.06. The number of likely N-dealkylation sites (N-methyl/N-ethyl adjacent to an activating group) is 1. The van der Waals surface area contributed by atoms with Gasteiger partial charge in [0, 0.05) is 19.3 Å². The Hall–Kier alpha value is -2.76. The molecule has 1 aromatic carbocycles. The summed E-state index contributed by atoms with van der Waals surface area (Å²) in [7, 11) is 1.66. The second-order valence-corrected chi connectivity index (χ2v) is 5.83. The first-order chi connectivity index (χ1) is 11.7. The molecule has 1 fully saturated rings. The molecule has 6 nitrogen and oxygen atoms in total. The summed E-state index contributed by atoms with van der Waals surface area (Å²) < 4.78 is 5.20. The molecular formula is C18H21N3O3. The number of piperidine rings is 1. The van der Waals surface area contributed by atoms with Gasteiger partial charge in [0.05, 0.1) is 12.8 Å². The molecule has 3 rings (SSSR count). The van der Waals surface area contributed by atoms with Gasteiger partial charge >= 0.3 is 6.03 Å². The molecule has 24 heavy (non-hydrogen) atoms. The number of amides is 3. The van der Waals surface area contributed by atoms with Gasteiger partial charge in [0.1, 0.15) is 11.8 Å². The summed E-state index contributed by atoms with van der Waals surface area (Å²) in [5.74, 6) is 0.640. The van der Waals surface area contributed by atoms with Crippen LogP contribution in [0.25, 0.3) is 0 Å². The van der Waals surface area contributed by atoms with Crippen molar-refractivity contribution in [1.82, 2.24) is 10.2 Å². The molecule has 1 saturated heterocycles. The second kappa shape index (κ2) is 7.21. The SMILES string of the molecule is CN(C(=O)NCc1ccco1)C1CCCN(c2ccccc2)C1=O. The van der Waals surface area contributed by atoms with Gasteiger partial charge in [-0.15, -0.1) is 0 Å². The fourth-order valence-electron chi connectivity index (χ4n) is 2.92. The average Bonchev–Trinajstić information content (AvgIpc) is 3.13. The molecule has 1 N–H and O–H groups in total. The topological polar surface area (TPSA) is 65.8 Å². The van der Waals surface area contributed by atoms with Gasteiger partial charge in [0.25, 0.3) is 0 Å². The summed E-state index contributed by atoms with van der Waals surface area (Å²) in [5.41, 5.74) is 0.872. The summed E-state index contributed by atoms with van der Waals surface area (Å²) >= 11 is 0. The average molecular weight is 327 g/mol. The number of nitrogens with zero attached hydrogens (tertiary/aromatic N) is 2. The maximum Gasteiger partial charge on any atom is 0.318 e. The van der Waals surface area contributed by atoms with Crippen molar-refractivity contribution in [1.29, 1.82) is 0 Å². The maximum absolute atomic E-state index is 12.8. The molecule has 2 aromatic rings. The number of para-hydroxylation sites is 1. The Kier molecular flexibility index (Phi) is 4.84. The molecule has 0 aliphatic carbocycles. The normalized spacial score (nSPS) is 17.6. The van der Waals surface area contributed by atoms with E-state index >= 15 is 0 Å². The van der Waals surface area contributed by atoms with Crippen molar-refractivity contribution in [3.05, 3.63) is 54.5 Å². The Balaban J connectivity index is 1.64. The molecule has 6 heteroatoms. The van der Waals surface area contributed by atoms with E-state index in [9.17, 15) is 9.59 Å². The van der Waals surface area contributed by atoms with Gasteiger partial charge in [0.2, 0.25) is 5.91 Å². The molecule has 1 atom stereocenters. The zero-order valence-electron chi connectivity index (χ0n) is 13.6. The van der Waals surface area contributed by atoms with Crippen LogP contribution in [-0.4, -0.2) is 36.5 Å². The number of urea groups is 1. The monoisotopic (exact) mass is 327 g/mol. The zero-order chi connectivity index (χ0) is 16.9. The van der Waals surface area contributed by atoms with Crippen molar-refractivity contribution in [3.63, 3.8) is 0 Å². The van der Waals surface area contributed by atoms with Crippen molar-refractivity contribution >= 4 is 17.6 Å². The van der Waals surface area contributed by atoms with E-state index in [2.05, 4.69) is 5.32 Å². The maximum atomic E-state index is 12.8. The van der Waals surface area contributed by atoms with Crippen LogP contribution >= 0.6 is 0 Å². The third kappa shape index (κ3) is 3.42. The van der Waals surface area contributed by atoms with E-state index in [1.807, 2.05) is 30.3 Å². The number of carbonyl (C=O) groups is 2. The van der Waals surface area contributed by atoms with Gasteiger partial charge in [-0.05, 0) is 37.1 Å². The first-order valence-electron chi connectivity index (χ1n) is 8.06. The van der Waals surface area contributed by atoms with Crippen LogP contribution in [0.1, 0.15) is 18.6 Å². The van der Waals surface area contributed by atoms with Gasteiger partial charge in [-0.25, -0.2) is 4.79 Å². The fourth-order valence-corrected chi connectivity index (χ4v) is 2.92. The third-order valence-corrected chi connectivity index (χ3v) is 4.26. The summed E-state index contributed by atoms with van der Waals surface area (Å²) in [6.45, 7) is 0.987. The van der Waals surface area contributed by atoms with E-state index < -0.39 is 6.04 Å². The number of nitrogens with one attached hydrogen (secondary N) is 1. The highest BCUT2D eigenvalue weighted by molar-refractivity contribution is 5.99. The van der Waals surface area contributed by atoms with E-state index in [1.54, 1.807) is 30.3 Å². The molecule has 0 radical (unpaired) electrons. The number of anilines is 1. The molecule has 0 spiro atoms. The van der Waals surface area contributed by atoms with Crippen molar-refractivity contribution in [2.24, 2.45) is 0 Å². The first kappa shape index (κ1) is 16.1. The minimum absolute atomic E-state index is 0.0388. The van der Waals surface area contributed by atoms with Crippen LogP contribution in [0.15, 0.2) is 53.1 Å². The van der Waals surface area contributed by atoms with Crippen molar-refractivity contribution in [2.45, 2.75) is 25.4 Å². The molecular weight excluding hydrogens is 306 g/mol. The van der Waals surface area contributed by atoms with Crippen LogP contribution in [0.5, 0.6) is 0 Å². The molecule has 1 aliphatic rings. The van der Waals surface area contributed by atoms with Gasteiger partial charge in [-0.3, -0.25) is 4.79 Å². The molecule has 1 aromatic heterocycles. The van der Waals surface area contributed by atoms with E-state index in [1.165, 1.54) is 4.90 Å². The highest BCUT2D eigenvalue weighted by Gasteiger charge is 2.34. The van der Waals surface area contributed by atoms with Gasteiger partial charge in [-0.1, -0.05) is 18.2 Å². The van der Waals surface area contributed by atoms with E-state index in [-0.39, 0.29) is 11.9 Å². The fraction of sp³-hybridized carbons (Fsp3) is 0.333. The summed E-state index contributed by atoms with van der Waals surface area (Å²) in [6.07, 6.45) is 3.10. The number of furan rings is 1. The number of rotatable bonds is 4. The van der Waals surface area contributed by atoms with E-state index in [0.717, 1.165) is 12.1 Å². The number of benzene rings is 1. The molecule has 0 saturated carbocycles. The van der Waals surface area contributed by atoms with Crippen LogP contribution in [0.2, 0.25) is 0 Å². The smallest absolute Gasteiger partial charge is 0.318 e. The minimum Gasteiger partial charge on any atom is -0.467 e. The van der Waals surface area contributed by atoms with E-state index in [0.29, 0.717) is 25.3 Å². The largest absolute Gasteiger partial charge is 0.467 e. The van der Waals surface area contributed by atoms with Crippen LogP contribution in [-0.2, 0) is 11.3 Å². The number of hydrogen-bond donors (Lipinski definition) is 1. The number of carbonyl (C=O) groups excluding carboxylic acids is 2. The lowest BCUT2D eigenvalue weighted by Gasteiger charge is -2.36. The second-order valence-electron chi connectivity index (χ2n) is 5.83. The third-order valence-electron chi connectivity index (χ3n) is 4.26. The number of hydrogen-bond acceptors (Lipinski definition) is 3. The Morgan fingerprint density at radius 1 is 1.29 bits per heavy atom. The molecule has 1 aliphatic heterocycles. The summed E-state index contributed by atoms with van der Waals surface area (Å²) in [5, 5.41) is 2.78. The highest BCUT2D eigenvalue weighted by Crippen LogP contribution is 2.23. The van der Waals surface area contributed by atoms with Gasteiger partial charge < -0.3 is 19.5 Å². The predicted molar refractivity (Wildman–Crippen MR) is 90.5 cm³/mol. The Morgan fingerprint density at radius 3 is 2.79 bits per heavy atom. The lowest BCUT2D eigenvalue weighted by atomic mass is 10.0. The summed E-state index contributed by atoms with van der Waals surface area (Å²) in [4.78, 5) is 28.4. The molecule has 2 heterocycles. The molecule has 126 valence electrons. The Labute approximate surface area is 141 Å². The van der Waals surface area contributed by atoms with E-state index in [4.69, 9.17) is 4.42 Å². The lowest BCUT2D eigenvalue weighted by Crippen LogP contribution is -2.55. The Bertz CT molecular complexity index is 685. The van der Waals surface area contributed by atoms with Crippen molar-refractivity contribution < 1.29 is 14.0 Å². The predicted octanol–water partition coefficient (Wildman–Crippen LogP) is 2.62. The molecule has 0 bridgehead atoms. The van der Waals surface area contributed by atoms with Gasteiger partial charge in [0.15, 0.2) is 0 Å². The van der Waals surface area contributed by atoms with Crippen molar-refractivity contribution in [3.8, 4) is 0 Å². The summed E-state index contributed by atoms with van der Waals surface area (Å²) in [6, 6.07) is 12.4. The quantitative estimate of drug-likeness (QED) is 0.939. The standard InChI is InChI=1S/C18H21N3O3/c1-20(18(23)19-13-15-9-6-12-24-15)16-10-5-11-21(17(16)22)14-7-3-2-4-8-14/h2-4,6-9,12,16H,5,10-11,13H2,1H3,(H,19,23). The van der Waals surface area contributed by atoms with Crippen LogP contribution < -0.4 is 10.2 Å². The zero-order valence-corrected chi connectivity index (χ0v) is 13.6. The van der Waals surface area contributed by atoms with Crippen LogP contribution in [0.4, 0.5) is 10.5 Å².